The molecule has 0 fully saturated rings. The van der Waals surface area contributed by atoms with Gasteiger partial charge < -0.3 is 4.74 Å². The highest BCUT2D eigenvalue weighted by molar-refractivity contribution is 7.89. The summed E-state index contributed by atoms with van der Waals surface area (Å²) in [5.74, 6) is -0.506. The van der Waals surface area contributed by atoms with Gasteiger partial charge in [-0.1, -0.05) is 4.89 Å². The first kappa shape index (κ1) is 13.7. The third-order valence-corrected chi connectivity index (χ3v) is 2.84. The molecule has 0 radical (unpaired) electrons. The average Bonchev–Trinajstić information content (AvgIpc) is 2.15. The Bertz CT molecular complexity index is 469. The first-order valence-corrected chi connectivity index (χ1v) is 5.63. The second kappa shape index (κ2) is 4.90. The molecule has 17 heavy (non-hydrogen) atoms. The van der Waals surface area contributed by atoms with E-state index in [9.17, 15) is 21.6 Å². The Balaban J connectivity index is 2.89. The van der Waals surface area contributed by atoms with Crippen molar-refractivity contribution in [3.05, 3.63) is 24.3 Å². The van der Waals surface area contributed by atoms with Gasteiger partial charge in [-0.25, -0.2) is 8.42 Å². The Morgan fingerprint density at radius 1 is 1.18 bits per heavy atom. The van der Waals surface area contributed by atoms with Crippen LogP contribution in [0.2, 0.25) is 0 Å². The maximum atomic E-state index is 11.8. The molecule has 96 valence electrons. The normalized spacial score (nSPS) is 12.5. The fraction of sp³-hybridized carbons (Fsp3) is 0.250. The van der Waals surface area contributed by atoms with Gasteiger partial charge >= 0.3 is 6.36 Å². The van der Waals surface area contributed by atoms with Crippen LogP contribution in [0, 0.1) is 0 Å². The molecule has 9 heteroatoms. The maximum Gasteiger partial charge on any atom is 0.573 e. The standard InChI is InChI=1S/C8H8F3NO4S/c1-15-12-17(13,14)7-4-2-6(3-5-7)16-8(9,10)11/h2-5,12H,1H3. The number of benzene rings is 1. The molecule has 0 saturated heterocycles. The van der Waals surface area contributed by atoms with Crippen LogP contribution in [0.1, 0.15) is 0 Å². The minimum Gasteiger partial charge on any atom is -0.406 e. The number of ether oxygens (including phenoxy) is 1. The fourth-order valence-electron chi connectivity index (χ4n) is 0.978. The third kappa shape index (κ3) is 4.21. The molecule has 0 unspecified atom stereocenters. The van der Waals surface area contributed by atoms with Crippen molar-refractivity contribution in [1.82, 2.24) is 4.89 Å². The van der Waals surface area contributed by atoms with E-state index in [2.05, 4.69) is 9.57 Å². The van der Waals surface area contributed by atoms with Crippen LogP contribution < -0.4 is 9.62 Å². The van der Waals surface area contributed by atoms with Crippen molar-refractivity contribution in [2.45, 2.75) is 11.3 Å². The maximum absolute atomic E-state index is 11.8. The Morgan fingerprint density at radius 3 is 2.12 bits per heavy atom. The van der Waals surface area contributed by atoms with E-state index < -0.39 is 22.1 Å². The van der Waals surface area contributed by atoms with E-state index in [4.69, 9.17) is 0 Å². The summed E-state index contributed by atoms with van der Waals surface area (Å²) in [6.45, 7) is 0. The summed E-state index contributed by atoms with van der Waals surface area (Å²) >= 11 is 0. The largest absolute Gasteiger partial charge is 0.573 e. The Hall–Kier alpha value is -1.32. The first-order chi connectivity index (χ1) is 7.74. The molecule has 1 aromatic rings. The van der Waals surface area contributed by atoms with E-state index in [1.54, 1.807) is 4.89 Å². The number of hydrogen-bond donors (Lipinski definition) is 1. The van der Waals surface area contributed by atoms with Crippen molar-refractivity contribution in [2.24, 2.45) is 0 Å². The molecule has 0 aliphatic carbocycles. The van der Waals surface area contributed by atoms with Crippen LogP contribution in [0.3, 0.4) is 0 Å². The number of rotatable bonds is 4. The van der Waals surface area contributed by atoms with E-state index >= 15 is 0 Å². The van der Waals surface area contributed by atoms with Crippen LogP contribution in [0.15, 0.2) is 29.2 Å². The average molecular weight is 271 g/mol. The second-order valence-electron chi connectivity index (χ2n) is 2.81. The van der Waals surface area contributed by atoms with Crippen molar-refractivity contribution in [3.8, 4) is 5.75 Å². The van der Waals surface area contributed by atoms with Crippen molar-refractivity contribution in [2.75, 3.05) is 7.11 Å². The minimum atomic E-state index is -4.81. The predicted octanol–water partition coefficient (Wildman–Crippen LogP) is 1.42. The summed E-state index contributed by atoms with van der Waals surface area (Å²) in [5.41, 5.74) is 0. The van der Waals surface area contributed by atoms with Crippen molar-refractivity contribution in [1.29, 1.82) is 0 Å². The summed E-state index contributed by atoms with van der Waals surface area (Å²) in [5, 5.41) is 0. The monoisotopic (exact) mass is 271 g/mol. The zero-order chi connectivity index (χ0) is 13.1. The van der Waals surface area contributed by atoms with Crippen LogP contribution in [0.4, 0.5) is 13.2 Å². The summed E-state index contributed by atoms with van der Waals surface area (Å²) in [4.78, 5) is 5.70. The zero-order valence-electron chi connectivity index (χ0n) is 8.48. The second-order valence-corrected chi connectivity index (χ2v) is 4.46. The fourth-order valence-corrected chi connectivity index (χ4v) is 1.79. The third-order valence-electron chi connectivity index (χ3n) is 1.56. The smallest absolute Gasteiger partial charge is 0.406 e. The molecule has 0 aromatic heterocycles. The van der Waals surface area contributed by atoms with Gasteiger partial charge in [0.25, 0.3) is 10.0 Å². The van der Waals surface area contributed by atoms with Crippen molar-refractivity contribution >= 4 is 10.0 Å². The quantitative estimate of drug-likeness (QED) is 0.841. The lowest BCUT2D eigenvalue weighted by Gasteiger charge is -2.09. The Morgan fingerprint density at radius 2 is 1.71 bits per heavy atom. The molecule has 0 bridgehead atoms. The number of hydrogen-bond acceptors (Lipinski definition) is 4. The van der Waals surface area contributed by atoms with Gasteiger partial charge in [-0.2, -0.15) is 0 Å². The molecule has 0 aliphatic rings. The molecule has 0 spiro atoms. The highest BCUT2D eigenvalue weighted by Crippen LogP contribution is 2.23. The number of sulfonamides is 1. The van der Waals surface area contributed by atoms with E-state index in [1.807, 2.05) is 0 Å². The van der Waals surface area contributed by atoms with Gasteiger partial charge in [-0.05, 0) is 24.3 Å². The molecule has 1 aromatic carbocycles. The van der Waals surface area contributed by atoms with Gasteiger partial charge in [0.2, 0.25) is 0 Å². The van der Waals surface area contributed by atoms with Gasteiger partial charge in [0.15, 0.2) is 0 Å². The van der Waals surface area contributed by atoms with Gasteiger partial charge in [-0.3, -0.25) is 4.84 Å². The van der Waals surface area contributed by atoms with E-state index in [0.717, 1.165) is 31.4 Å². The van der Waals surface area contributed by atoms with Crippen LogP contribution >= 0.6 is 0 Å². The molecule has 0 heterocycles. The lowest BCUT2D eigenvalue weighted by molar-refractivity contribution is -0.274. The summed E-state index contributed by atoms with van der Waals surface area (Å²) in [7, 11) is -2.78. The molecule has 0 aliphatic heterocycles. The number of nitrogens with one attached hydrogen (secondary N) is 1. The van der Waals surface area contributed by atoms with Gasteiger partial charge in [-0.15, -0.1) is 13.2 Å². The number of alkyl halides is 3. The van der Waals surface area contributed by atoms with E-state index in [0.29, 0.717) is 0 Å². The van der Waals surface area contributed by atoms with Gasteiger partial charge in [0.1, 0.15) is 5.75 Å². The van der Waals surface area contributed by atoms with Gasteiger partial charge in [0.05, 0.1) is 12.0 Å². The molecule has 5 nitrogen and oxygen atoms in total. The molecule has 0 amide bonds. The van der Waals surface area contributed by atoms with Crippen LogP contribution in [0.25, 0.3) is 0 Å². The van der Waals surface area contributed by atoms with E-state index in [-0.39, 0.29) is 4.90 Å². The molecule has 0 saturated carbocycles. The molecule has 0 atom stereocenters. The van der Waals surface area contributed by atoms with Gasteiger partial charge in [0, 0.05) is 0 Å². The first-order valence-electron chi connectivity index (χ1n) is 4.15. The topological polar surface area (TPSA) is 64.6 Å². The molecule has 1 rings (SSSR count). The highest BCUT2D eigenvalue weighted by atomic mass is 32.2. The van der Waals surface area contributed by atoms with Crippen LogP contribution in [-0.4, -0.2) is 21.9 Å². The van der Waals surface area contributed by atoms with E-state index in [1.165, 1.54) is 0 Å². The zero-order valence-corrected chi connectivity index (χ0v) is 9.30. The lowest BCUT2D eigenvalue weighted by Crippen LogP contribution is -2.22. The lowest BCUT2D eigenvalue weighted by atomic mass is 10.3. The summed E-state index contributed by atoms with van der Waals surface area (Å²) < 4.78 is 61.7. The predicted molar refractivity (Wildman–Crippen MR) is 50.5 cm³/mol. The highest BCUT2D eigenvalue weighted by Gasteiger charge is 2.31. The van der Waals surface area contributed by atoms with Crippen molar-refractivity contribution in [3.63, 3.8) is 0 Å². The molecule has 1 N–H and O–H groups in total. The summed E-state index contributed by atoms with van der Waals surface area (Å²) in [6, 6.07) is 3.69. The molecular weight excluding hydrogens is 263 g/mol. The molecular formula is C8H8F3NO4S. The van der Waals surface area contributed by atoms with Crippen LogP contribution in [0.5, 0.6) is 5.75 Å². The minimum absolute atomic E-state index is 0.242. The Kier molecular flexibility index (Phi) is 3.96. The summed E-state index contributed by atoms with van der Waals surface area (Å²) in [6.07, 6.45) is -4.81. The van der Waals surface area contributed by atoms with Crippen molar-refractivity contribution < 1.29 is 31.2 Å². The SMILES string of the molecule is CONS(=O)(=O)c1ccc(OC(F)(F)F)cc1. The number of halogens is 3. The Labute approximate surface area is 95.1 Å². The van der Waals surface area contributed by atoms with Crippen LogP contribution in [-0.2, 0) is 14.9 Å².